The van der Waals surface area contributed by atoms with Crippen LogP contribution in [0.3, 0.4) is 0 Å². The fraction of sp³-hybridized carbons (Fsp3) is 0.882. The molecule has 4 unspecified atom stereocenters. The van der Waals surface area contributed by atoms with Gasteiger partial charge in [-0.15, -0.1) is 18.0 Å². The van der Waals surface area contributed by atoms with Crippen molar-refractivity contribution in [1.29, 1.82) is 0 Å². The van der Waals surface area contributed by atoms with E-state index in [0.717, 1.165) is 25.2 Å². The van der Waals surface area contributed by atoms with Gasteiger partial charge >= 0.3 is 6.18 Å². The molecule has 0 spiro atoms. The average Bonchev–Trinajstić information content (AvgIpc) is 3.36. The largest absolute Gasteiger partial charge is 0.394 e. The van der Waals surface area contributed by atoms with E-state index in [4.69, 9.17) is 28.6 Å². The van der Waals surface area contributed by atoms with Crippen molar-refractivity contribution in [3.63, 3.8) is 0 Å². The topological polar surface area (TPSA) is 50.5 Å². The molecule has 3 N–H and O–H groups in total. The predicted octanol–water partition coefficient (Wildman–Crippen LogP) is 3.21. The molecule has 1 aliphatic heterocycles. The van der Waals surface area contributed by atoms with Crippen molar-refractivity contribution in [3.05, 3.63) is 0 Å². The Morgan fingerprint density at radius 2 is 2.00 bits per heavy atom. The van der Waals surface area contributed by atoms with Gasteiger partial charge < -0.3 is 4.74 Å². The molecule has 0 radical (unpaired) electrons. The zero-order valence-electron chi connectivity index (χ0n) is 14.3. The molecule has 1 saturated carbocycles. The fourth-order valence-corrected chi connectivity index (χ4v) is 3.93. The molecule has 0 aromatic carbocycles. The van der Waals surface area contributed by atoms with Crippen LogP contribution in [0, 0.1) is 24.2 Å². The first-order chi connectivity index (χ1) is 11.9. The van der Waals surface area contributed by atoms with Crippen LogP contribution in [0.4, 0.5) is 13.2 Å². The molecule has 0 aromatic rings. The fourth-order valence-electron chi connectivity index (χ4n) is 3.52. The minimum Gasteiger partial charge on any atom is -0.349 e. The van der Waals surface area contributed by atoms with Gasteiger partial charge in [-0.2, -0.15) is 13.2 Å². The van der Waals surface area contributed by atoms with Crippen molar-refractivity contribution >= 4 is 11.6 Å². The Bertz CT molecular complexity index is 453. The van der Waals surface area contributed by atoms with E-state index in [9.17, 15) is 13.2 Å². The van der Waals surface area contributed by atoms with Gasteiger partial charge in [-0.3, -0.25) is 10.7 Å². The standard InChI is InChI=1S/C17H27ClF3N3O/c1-2-10-25-16-14(18)11-13(17(19,20)21)15(23-22)24(16)9-5-3-4-6-12-7-8-12/h1,12-16,23H,3-11,22H2. The molecule has 1 aliphatic carbocycles. The Morgan fingerprint density at radius 1 is 1.28 bits per heavy atom. The second kappa shape index (κ2) is 9.43. The Kier molecular flexibility index (Phi) is 7.84. The summed E-state index contributed by atoms with van der Waals surface area (Å²) in [5.41, 5.74) is 2.32. The van der Waals surface area contributed by atoms with E-state index in [2.05, 4.69) is 11.3 Å². The van der Waals surface area contributed by atoms with Gasteiger partial charge in [0.25, 0.3) is 0 Å². The summed E-state index contributed by atoms with van der Waals surface area (Å²) in [6, 6.07) is 0. The van der Waals surface area contributed by atoms with E-state index < -0.39 is 29.9 Å². The van der Waals surface area contributed by atoms with Crippen LogP contribution in [-0.2, 0) is 4.74 Å². The summed E-state index contributed by atoms with van der Waals surface area (Å²) in [6.45, 7) is 0.435. The number of nitrogens with two attached hydrogens (primary N) is 1. The number of hydrogen-bond acceptors (Lipinski definition) is 4. The molecule has 0 aromatic heterocycles. The summed E-state index contributed by atoms with van der Waals surface area (Å²) in [5.74, 6) is 7.03. The van der Waals surface area contributed by atoms with Gasteiger partial charge in [-0.1, -0.05) is 38.0 Å². The van der Waals surface area contributed by atoms with E-state index in [-0.39, 0.29) is 13.0 Å². The molecule has 8 heteroatoms. The third kappa shape index (κ3) is 6.00. The Morgan fingerprint density at radius 3 is 2.56 bits per heavy atom. The quantitative estimate of drug-likeness (QED) is 0.212. The van der Waals surface area contributed by atoms with Gasteiger partial charge in [-0.05, 0) is 18.8 Å². The number of nitrogens with one attached hydrogen (secondary N) is 1. The number of halogens is 4. The lowest BCUT2D eigenvalue weighted by atomic mass is 9.91. The number of alkyl halides is 4. The van der Waals surface area contributed by atoms with Crippen molar-refractivity contribution in [3.8, 4) is 12.3 Å². The summed E-state index contributed by atoms with van der Waals surface area (Å²) in [5, 5.41) is -0.795. The van der Waals surface area contributed by atoms with E-state index in [0.29, 0.717) is 6.54 Å². The van der Waals surface area contributed by atoms with Gasteiger partial charge in [-0.25, -0.2) is 5.43 Å². The first-order valence-corrected chi connectivity index (χ1v) is 9.29. The van der Waals surface area contributed by atoms with Gasteiger partial charge in [0.05, 0.1) is 17.5 Å². The summed E-state index contributed by atoms with van der Waals surface area (Å²) in [7, 11) is 0. The van der Waals surface area contributed by atoms with Crippen LogP contribution in [0.1, 0.15) is 44.9 Å². The first kappa shape index (κ1) is 20.8. The smallest absolute Gasteiger partial charge is 0.349 e. The second-order valence-corrected chi connectivity index (χ2v) is 7.51. The van der Waals surface area contributed by atoms with E-state index in [1.54, 1.807) is 4.90 Å². The lowest BCUT2D eigenvalue weighted by molar-refractivity contribution is -0.228. The van der Waals surface area contributed by atoms with Crippen LogP contribution in [-0.4, -0.2) is 42.0 Å². The molecule has 2 rings (SSSR count). The molecule has 2 aliphatic rings. The van der Waals surface area contributed by atoms with E-state index in [1.165, 1.54) is 19.3 Å². The average molecular weight is 382 g/mol. The predicted molar refractivity (Wildman–Crippen MR) is 91.4 cm³/mol. The maximum absolute atomic E-state index is 13.4. The molecular weight excluding hydrogens is 355 g/mol. The molecule has 0 amide bonds. The number of hydrogen-bond donors (Lipinski definition) is 2. The van der Waals surface area contributed by atoms with Crippen molar-refractivity contribution in [2.24, 2.45) is 17.7 Å². The SMILES string of the molecule is C#CCOC1C(Cl)CC(C(F)(F)F)C(NN)N1CCCCCC1CC1. The molecule has 144 valence electrons. The van der Waals surface area contributed by atoms with Crippen LogP contribution < -0.4 is 11.3 Å². The van der Waals surface area contributed by atoms with Crippen molar-refractivity contribution in [1.82, 2.24) is 10.3 Å². The first-order valence-electron chi connectivity index (χ1n) is 8.86. The summed E-state index contributed by atoms with van der Waals surface area (Å²) in [4.78, 5) is 1.59. The number of rotatable bonds is 9. The second-order valence-electron chi connectivity index (χ2n) is 6.95. The molecular formula is C17H27ClF3N3O. The molecule has 4 atom stereocenters. The van der Waals surface area contributed by atoms with Crippen LogP contribution in [0.25, 0.3) is 0 Å². The number of unbranched alkanes of at least 4 members (excludes halogenated alkanes) is 2. The summed E-state index contributed by atoms with van der Waals surface area (Å²) < 4.78 is 45.7. The highest BCUT2D eigenvalue weighted by Crippen LogP contribution is 2.40. The molecule has 25 heavy (non-hydrogen) atoms. The number of terminal acetylenes is 1. The van der Waals surface area contributed by atoms with Crippen molar-refractivity contribution in [2.75, 3.05) is 13.2 Å². The lowest BCUT2D eigenvalue weighted by Gasteiger charge is -2.47. The van der Waals surface area contributed by atoms with Crippen LogP contribution >= 0.6 is 11.6 Å². The van der Waals surface area contributed by atoms with Gasteiger partial charge in [0, 0.05) is 6.54 Å². The van der Waals surface area contributed by atoms with Crippen LogP contribution in [0.15, 0.2) is 0 Å². The number of nitrogens with zero attached hydrogens (tertiary/aromatic N) is 1. The van der Waals surface area contributed by atoms with E-state index >= 15 is 0 Å². The van der Waals surface area contributed by atoms with Gasteiger partial charge in [0.1, 0.15) is 12.8 Å². The minimum absolute atomic E-state index is 0.0000423. The number of hydrazine groups is 1. The van der Waals surface area contributed by atoms with E-state index in [1.807, 2.05) is 0 Å². The number of likely N-dealkylation sites (tertiary alicyclic amines) is 1. The number of ether oxygens (including phenoxy) is 1. The summed E-state index contributed by atoms with van der Waals surface area (Å²) >= 11 is 6.22. The maximum Gasteiger partial charge on any atom is 0.394 e. The third-order valence-corrected chi connectivity index (χ3v) is 5.40. The van der Waals surface area contributed by atoms with Gasteiger partial charge in [0.15, 0.2) is 0 Å². The Balaban J connectivity index is 1.99. The zero-order chi connectivity index (χ0) is 18.4. The molecule has 4 nitrogen and oxygen atoms in total. The minimum atomic E-state index is -4.38. The van der Waals surface area contributed by atoms with Crippen LogP contribution in [0.2, 0.25) is 0 Å². The normalized spacial score (nSPS) is 31.0. The Labute approximate surface area is 152 Å². The lowest BCUT2D eigenvalue weighted by Crippen LogP contribution is -2.66. The summed E-state index contributed by atoms with van der Waals surface area (Å²) in [6.07, 6.45) is 5.50. The van der Waals surface area contributed by atoms with Gasteiger partial charge in [0.2, 0.25) is 0 Å². The van der Waals surface area contributed by atoms with Crippen molar-refractivity contribution in [2.45, 2.75) is 68.9 Å². The maximum atomic E-state index is 13.4. The molecule has 2 fully saturated rings. The third-order valence-electron chi connectivity index (χ3n) is 5.01. The highest BCUT2D eigenvalue weighted by molar-refractivity contribution is 6.21. The van der Waals surface area contributed by atoms with Crippen molar-refractivity contribution < 1.29 is 17.9 Å². The monoisotopic (exact) mass is 381 g/mol. The zero-order valence-corrected chi connectivity index (χ0v) is 15.0. The van der Waals surface area contributed by atoms with Crippen LogP contribution in [0.5, 0.6) is 0 Å². The highest BCUT2D eigenvalue weighted by atomic mass is 35.5. The Hall–Kier alpha value is -0.520. The molecule has 0 bridgehead atoms. The molecule has 1 saturated heterocycles. The number of piperidine rings is 1. The molecule has 1 heterocycles. The highest BCUT2D eigenvalue weighted by Gasteiger charge is 2.53.